The van der Waals surface area contributed by atoms with E-state index in [0.29, 0.717) is 5.52 Å². The first-order valence-corrected chi connectivity index (χ1v) is 3.31. The maximum absolute atomic E-state index is 11.1. The molecule has 0 saturated carbocycles. The molecular formula is C8H6N2O. The summed E-state index contributed by atoms with van der Waals surface area (Å²) in [7, 11) is 0. The molecule has 0 amide bonds. The lowest BCUT2D eigenvalue weighted by Gasteiger charge is -1.97. The van der Waals surface area contributed by atoms with Crippen LogP contribution in [0.15, 0.2) is 36.7 Å². The Balaban J connectivity index is 2.91. The van der Waals surface area contributed by atoms with E-state index in [1.165, 1.54) is 12.4 Å². The van der Waals surface area contributed by atoms with Crippen molar-refractivity contribution in [1.82, 2.24) is 4.98 Å². The van der Waals surface area contributed by atoms with Crippen LogP contribution >= 0.6 is 0 Å². The largest absolute Gasteiger partial charge is 0.618 e. The van der Waals surface area contributed by atoms with Gasteiger partial charge in [-0.1, -0.05) is 12.1 Å². The van der Waals surface area contributed by atoms with E-state index in [2.05, 4.69) is 4.98 Å². The summed E-state index contributed by atoms with van der Waals surface area (Å²) in [5.74, 6) is 0. The van der Waals surface area contributed by atoms with E-state index in [4.69, 9.17) is 0 Å². The summed E-state index contributed by atoms with van der Waals surface area (Å²) in [6.07, 6.45) is 2.89. The monoisotopic (exact) mass is 146 g/mol. The van der Waals surface area contributed by atoms with Gasteiger partial charge in [0.05, 0.1) is 6.20 Å². The highest BCUT2D eigenvalue weighted by molar-refractivity contribution is 5.69. The number of hydrogen-bond donors (Lipinski definition) is 0. The molecule has 0 bridgehead atoms. The molecule has 0 saturated heterocycles. The highest BCUT2D eigenvalue weighted by Gasteiger charge is 1.99. The Kier molecular flexibility index (Phi) is 1.22. The number of fused-ring (bicyclic) bond motifs is 1. The normalized spacial score (nSPS) is 10.2. The van der Waals surface area contributed by atoms with Gasteiger partial charge < -0.3 is 5.21 Å². The van der Waals surface area contributed by atoms with Gasteiger partial charge in [-0.3, -0.25) is 0 Å². The predicted octanol–water partition coefficient (Wildman–Crippen LogP) is 0.868. The van der Waals surface area contributed by atoms with Crippen LogP contribution in [0.5, 0.6) is 0 Å². The van der Waals surface area contributed by atoms with Crippen LogP contribution in [0.1, 0.15) is 0 Å². The Morgan fingerprint density at radius 2 is 2.09 bits per heavy atom. The first kappa shape index (κ1) is 6.09. The molecule has 1 aromatic heterocycles. The molecule has 0 unspecified atom stereocenters. The van der Waals surface area contributed by atoms with Gasteiger partial charge in [-0.15, -0.1) is 0 Å². The summed E-state index contributed by atoms with van der Waals surface area (Å²) in [5, 5.41) is 11.1. The molecule has 3 nitrogen and oxygen atoms in total. The topological polar surface area (TPSA) is 39.8 Å². The molecule has 0 aliphatic rings. The van der Waals surface area contributed by atoms with E-state index in [-0.39, 0.29) is 0 Å². The molecule has 0 aliphatic carbocycles. The third-order valence-electron chi connectivity index (χ3n) is 1.53. The van der Waals surface area contributed by atoms with Gasteiger partial charge in [-0.25, -0.2) is 4.98 Å². The molecule has 3 heteroatoms. The minimum Gasteiger partial charge on any atom is -0.618 e. The zero-order valence-electron chi connectivity index (χ0n) is 5.77. The highest BCUT2D eigenvalue weighted by Crippen LogP contribution is 2.03. The van der Waals surface area contributed by atoms with Crippen molar-refractivity contribution in [2.24, 2.45) is 0 Å². The zero-order valence-corrected chi connectivity index (χ0v) is 5.77. The van der Waals surface area contributed by atoms with Gasteiger partial charge >= 0.3 is 0 Å². The third kappa shape index (κ3) is 0.902. The van der Waals surface area contributed by atoms with Crippen molar-refractivity contribution in [2.45, 2.75) is 0 Å². The van der Waals surface area contributed by atoms with Crippen molar-refractivity contribution in [1.29, 1.82) is 0 Å². The smallest absolute Gasteiger partial charge is 0.242 e. The third-order valence-corrected chi connectivity index (χ3v) is 1.53. The summed E-state index contributed by atoms with van der Waals surface area (Å²) < 4.78 is 0.808. The second kappa shape index (κ2) is 2.20. The first-order valence-electron chi connectivity index (χ1n) is 3.31. The first-order chi connectivity index (χ1) is 5.38. The van der Waals surface area contributed by atoms with Gasteiger partial charge in [0.25, 0.3) is 0 Å². The molecule has 0 fully saturated rings. The molecular weight excluding hydrogens is 140 g/mol. The summed E-state index contributed by atoms with van der Waals surface area (Å²) in [5.41, 5.74) is 1.33. The van der Waals surface area contributed by atoms with Crippen molar-refractivity contribution in [3.05, 3.63) is 41.9 Å². The lowest BCUT2D eigenvalue weighted by atomic mass is 10.3. The minimum atomic E-state index is 0.606. The van der Waals surface area contributed by atoms with Gasteiger partial charge in [0, 0.05) is 6.07 Å². The molecule has 2 aromatic rings. The number of rotatable bonds is 0. The van der Waals surface area contributed by atoms with E-state index in [1.54, 1.807) is 6.07 Å². The number of aromatic nitrogens is 2. The molecule has 54 valence electrons. The maximum Gasteiger partial charge on any atom is 0.242 e. The fourth-order valence-electron chi connectivity index (χ4n) is 1.01. The Morgan fingerprint density at radius 1 is 1.27 bits per heavy atom. The van der Waals surface area contributed by atoms with Crippen LogP contribution in [0.3, 0.4) is 0 Å². The lowest BCUT2D eigenvalue weighted by Crippen LogP contribution is -2.26. The Hall–Kier alpha value is -1.64. The van der Waals surface area contributed by atoms with Crippen LogP contribution in [0.25, 0.3) is 11.0 Å². The molecule has 0 spiro atoms. The van der Waals surface area contributed by atoms with Gasteiger partial charge in [0.15, 0.2) is 6.20 Å². The van der Waals surface area contributed by atoms with Gasteiger partial charge in [0.2, 0.25) is 5.52 Å². The lowest BCUT2D eigenvalue weighted by molar-refractivity contribution is -0.577. The fourth-order valence-corrected chi connectivity index (χ4v) is 1.01. The molecule has 0 N–H and O–H groups in total. The summed E-state index contributed by atoms with van der Waals surface area (Å²) in [6, 6.07) is 7.23. The van der Waals surface area contributed by atoms with Gasteiger partial charge in [0.1, 0.15) is 5.52 Å². The maximum atomic E-state index is 11.1. The van der Waals surface area contributed by atoms with Crippen LogP contribution in [-0.4, -0.2) is 4.98 Å². The zero-order chi connectivity index (χ0) is 7.68. The molecule has 0 radical (unpaired) electrons. The van der Waals surface area contributed by atoms with Crippen LogP contribution in [-0.2, 0) is 0 Å². The quantitative estimate of drug-likeness (QED) is 0.408. The number of hydrogen-bond acceptors (Lipinski definition) is 2. The van der Waals surface area contributed by atoms with Crippen LogP contribution in [0.2, 0.25) is 0 Å². The number of benzene rings is 1. The second-order valence-corrected chi connectivity index (χ2v) is 2.24. The Bertz CT molecular complexity index is 381. The van der Waals surface area contributed by atoms with Gasteiger partial charge in [-0.05, 0) is 6.07 Å². The average Bonchev–Trinajstić information content (AvgIpc) is 2.06. The van der Waals surface area contributed by atoms with Gasteiger partial charge in [-0.2, -0.15) is 4.73 Å². The fraction of sp³-hybridized carbons (Fsp3) is 0. The van der Waals surface area contributed by atoms with Crippen molar-refractivity contribution in [3.63, 3.8) is 0 Å². The molecule has 0 aliphatic heterocycles. The second-order valence-electron chi connectivity index (χ2n) is 2.24. The minimum absolute atomic E-state index is 0.606. The molecule has 2 rings (SSSR count). The van der Waals surface area contributed by atoms with Crippen molar-refractivity contribution >= 4 is 11.0 Å². The molecule has 0 atom stereocenters. The molecule has 1 heterocycles. The Labute approximate surface area is 63.5 Å². The van der Waals surface area contributed by atoms with E-state index in [9.17, 15) is 5.21 Å². The average molecular weight is 146 g/mol. The van der Waals surface area contributed by atoms with Crippen LogP contribution in [0, 0.1) is 5.21 Å². The predicted molar refractivity (Wildman–Crippen MR) is 40.7 cm³/mol. The summed E-state index contributed by atoms with van der Waals surface area (Å²) >= 11 is 0. The summed E-state index contributed by atoms with van der Waals surface area (Å²) in [6.45, 7) is 0. The van der Waals surface area contributed by atoms with E-state index in [0.717, 1.165) is 10.2 Å². The number of nitrogens with zero attached hydrogens (tertiary/aromatic N) is 2. The van der Waals surface area contributed by atoms with E-state index >= 15 is 0 Å². The highest BCUT2D eigenvalue weighted by atomic mass is 16.5. The van der Waals surface area contributed by atoms with E-state index in [1.807, 2.05) is 18.2 Å². The standard InChI is InChI=1S/C8H6N2O/c11-10-6-5-9-7-3-1-2-4-8(7)10/h1-6H. The van der Waals surface area contributed by atoms with Crippen LogP contribution in [0.4, 0.5) is 0 Å². The van der Waals surface area contributed by atoms with Crippen LogP contribution < -0.4 is 4.73 Å². The molecule has 11 heavy (non-hydrogen) atoms. The number of para-hydroxylation sites is 2. The Morgan fingerprint density at radius 3 is 2.91 bits per heavy atom. The molecule has 1 aromatic carbocycles. The van der Waals surface area contributed by atoms with Crippen molar-refractivity contribution < 1.29 is 4.73 Å². The van der Waals surface area contributed by atoms with Crippen molar-refractivity contribution in [3.8, 4) is 0 Å². The van der Waals surface area contributed by atoms with Crippen molar-refractivity contribution in [2.75, 3.05) is 0 Å². The SMILES string of the molecule is [O-][n+]1ccnc2ccccc21. The summed E-state index contributed by atoms with van der Waals surface area (Å²) in [4.78, 5) is 4.02. The van der Waals surface area contributed by atoms with E-state index < -0.39 is 0 Å².